The van der Waals surface area contributed by atoms with Crippen LogP contribution in [0, 0.1) is 11.6 Å². The summed E-state index contributed by atoms with van der Waals surface area (Å²) in [6.45, 7) is 0. The summed E-state index contributed by atoms with van der Waals surface area (Å²) in [6, 6.07) is 19.8. The van der Waals surface area contributed by atoms with E-state index in [2.05, 4.69) is 31.4 Å². The van der Waals surface area contributed by atoms with Crippen molar-refractivity contribution in [2.45, 2.75) is 5.16 Å². The van der Waals surface area contributed by atoms with E-state index in [1.165, 1.54) is 24.3 Å². The SMILES string of the molecule is O=C(CSc1nnc(-c2ccccc2)n1-c1ccc(F)cc1)Nc1ccc(Br)cc1F. The van der Waals surface area contributed by atoms with Crippen molar-refractivity contribution in [3.63, 3.8) is 0 Å². The molecule has 4 rings (SSSR count). The van der Waals surface area contributed by atoms with Crippen molar-refractivity contribution >= 4 is 39.3 Å². The molecule has 31 heavy (non-hydrogen) atoms. The first kappa shape index (κ1) is 21.2. The van der Waals surface area contributed by atoms with Crippen LogP contribution >= 0.6 is 27.7 Å². The zero-order valence-electron chi connectivity index (χ0n) is 15.9. The van der Waals surface area contributed by atoms with Gasteiger partial charge in [-0.1, -0.05) is 58.0 Å². The van der Waals surface area contributed by atoms with Crippen LogP contribution in [0.25, 0.3) is 17.1 Å². The first-order valence-corrected chi connectivity index (χ1v) is 10.9. The zero-order chi connectivity index (χ0) is 21.8. The predicted octanol–water partition coefficient (Wildman–Crippen LogP) is 5.71. The fourth-order valence-electron chi connectivity index (χ4n) is 2.87. The van der Waals surface area contributed by atoms with Gasteiger partial charge in [-0.3, -0.25) is 9.36 Å². The molecular weight excluding hydrogens is 486 g/mol. The molecule has 3 aromatic carbocycles. The van der Waals surface area contributed by atoms with E-state index in [1.807, 2.05) is 30.3 Å². The van der Waals surface area contributed by atoms with Crippen LogP contribution in [0.5, 0.6) is 0 Å². The third kappa shape index (κ3) is 5.00. The molecule has 0 spiro atoms. The fraction of sp³-hybridized carbons (Fsp3) is 0.0455. The van der Waals surface area contributed by atoms with E-state index < -0.39 is 5.82 Å². The number of amides is 1. The van der Waals surface area contributed by atoms with E-state index in [0.29, 0.717) is 21.1 Å². The molecule has 0 aliphatic rings. The Morgan fingerprint density at radius 3 is 2.45 bits per heavy atom. The van der Waals surface area contributed by atoms with Gasteiger partial charge in [-0.25, -0.2) is 8.78 Å². The van der Waals surface area contributed by atoms with Gasteiger partial charge in [-0.05, 0) is 42.5 Å². The Morgan fingerprint density at radius 1 is 1.00 bits per heavy atom. The van der Waals surface area contributed by atoms with Gasteiger partial charge >= 0.3 is 0 Å². The Kier molecular flexibility index (Phi) is 6.43. The van der Waals surface area contributed by atoms with Crippen LogP contribution < -0.4 is 5.32 Å². The summed E-state index contributed by atoms with van der Waals surface area (Å²) in [4.78, 5) is 12.4. The van der Waals surface area contributed by atoms with Crippen molar-refractivity contribution in [1.29, 1.82) is 0 Å². The number of rotatable bonds is 6. The van der Waals surface area contributed by atoms with E-state index in [-0.39, 0.29) is 23.2 Å². The number of benzene rings is 3. The van der Waals surface area contributed by atoms with Crippen LogP contribution in [-0.2, 0) is 4.79 Å². The molecule has 0 aliphatic heterocycles. The summed E-state index contributed by atoms with van der Waals surface area (Å²) in [5.74, 6) is -0.726. The largest absolute Gasteiger partial charge is 0.323 e. The average Bonchev–Trinajstić information content (AvgIpc) is 3.19. The topological polar surface area (TPSA) is 59.8 Å². The highest BCUT2D eigenvalue weighted by molar-refractivity contribution is 9.10. The highest BCUT2D eigenvalue weighted by Crippen LogP contribution is 2.28. The minimum Gasteiger partial charge on any atom is -0.323 e. The van der Waals surface area contributed by atoms with E-state index in [4.69, 9.17) is 0 Å². The maximum atomic E-state index is 14.0. The quantitative estimate of drug-likeness (QED) is 0.344. The summed E-state index contributed by atoms with van der Waals surface area (Å²) in [7, 11) is 0. The first-order chi connectivity index (χ1) is 15.0. The number of carbonyl (C=O) groups is 1. The molecule has 4 aromatic rings. The lowest BCUT2D eigenvalue weighted by molar-refractivity contribution is -0.113. The van der Waals surface area contributed by atoms with Gasteiger partial charge in [0, 0.05) is 15.7 Å². The average molecular weight is 501 g/mol. The molecule has 0 bridgehead atoms. The Bertz CT molecular complexity index is 1220. The number of hydrogen-bond donors (Lipinski definition) is 1. The fourth-order valence-corrected chi connectivity index (χ4v) is 3.95. The molecule has 5 nitrogen and oxygen atoms in total. The van der Waals surface area contributed by atoms with Gasteiger partial charge in [0.2, 0.25) is 5.91 Å². The smallest absolute Gasteiger partial charge is 0.234 e. The highest BCUT2D eigenvalue weighted by atomic mass is 79.9. The molecule has 156 valence electrons. The highest BCUT2D eigenvalue weighted by Gasteiger charge is 2.18. The third-order valence-corrected chi connectivity index (χ3v) is 5.71. The maximum Gasteiger partial charge on any atom is 0.234 e. The lowest BCUT2D eigenvalue weighted by Gasteiger charge is -2.11. The van der Waals surface area contributed by atoms with Crippen LogP contribution in [0.3, 0.4) is 0 Å². The van der Waals surface area contributed by atoms with Crippen LogP contribution in [0.2, 0.25) is 0 Å². The molecule has 0 fully saturated rings. The first-order valence-electron chi connectivity index (χ1n) is 9.16. The molecule has 1 aromatic heterocycles. The van der Waals surface area contributed by atoms with E-state index >= 15 is 0 Å². The molecule has 1 amide bonds. The van der Waals surface area contributed by atoms with Gasteiger partial charge in [-0.2, -0.15) is 0 Å². The minimum atomic E-state index is -0.534. The number of carbonyl (C=O) groups excluding carboxylic acids is 1. The second-order valence-electron chi connectivity index (χ2n) is 6.45. The van der Waals surface area contributed by atoms with Gasteiger partial charge in [-0.15, -0.1) is 10.2 Å². The van der Waals surface area contributed by atoms with Gasteiger partial charge in [0.1, 0.15) is 11.6 Å². The van der Waals surface area contributed by atoms with Crippen LogP contribution in [-0.4, -0.2) is 26.4 Å². The van der Waals surface area contributed by atoms with Gasteiger partial charge in [0.25, 0.3) is 0 Å². The molecule has 9 heteroatoms. The van der Waals surface area contributed by atoms with E-state index in [9.17, 15) is 13.6 Å². The molecular formula is C22H15BrF2N4OS. The van der Waals surface area contributed by atoms with Crippen molar-refractivity contribution in [1.82, 2.24) is 14.8 Å². The number of hydrogen-bond acceptors (Lipinski definition) is 4. The predicted molar refractivity (Wildman–Crippen MR) is 120 cm³/mol. The number of anilines is 1. The second-order valence-corrected chi connectivity index (χ2v) is 8.30. The molecule has 1 heterocycles. The summed E-state index contributed by atoms with van der Waals surface area (Å²) in [6.07, 6.45) is 0. The summed E-state index contributed by atoms with van der Waals surface area (Å²) < 4.78 is 29.8. The Labute approximate surface area is 189 Å². The number of aromatic nitrogens is 3. The molecule has 0 radical (unpaired) electrons. The second kappa shape index (κ2) is 9.40. The Balaban J connectivity index is 1.58. The molecule has 0 unspecified atom stereocenters. The normalized spacial score (nSPS) is 10.8. The monoisotopic (exact) mass is 500 g/mol. The number of nitrogens with zero attached hydrogens (tertiary/aromatic N) is 3. The Hall–Kier alpha value is -3.04. The molecule has 0 saturated carbocycles. The lowest BCUT2D eigenvalue weighted by atomic mass is 10.2. The summed E-state index contributed by atoms with van der Waals surface area (Å²) in [5, 5.41) is 11.5. The number of halogens is 3. The van der Waals surface area contributed by atoms with E-state index in [1.54, 1.807) is 22.8 Å². The van der Waals surface area contributed by atoms with Gasteiger partial charge in [0.15, 0.2) is 11.0 Å². The van der Waals surface area contributed by atoms with Gasteiger partial charge in [0.05, 0.1) is 11.4 Å². The molecule has 0 saturated heterocycles. The molecule has 0 aliphatic carbocycles. The molecule has 1 N–H and O–H groups in total. The molecule has 0 atom stereocenters. The maximum absolute atomic E-state index is 14.0. The number of nitrogens with one attached hydrogen (secondary N) is 1. The van der Waals surface area contributed by atoms with Crippen LogP contribution in [0.1, 0.15) is 0 Å². The van der Waals surface area contributed by atoms with Crippen molar-refractivity contribution in [2.75, 3.05) is 11.1 Å². The summed E-state index contributed by atoms with van der Waals surface area (Å²) in [5.41, 5.74) is 1.58. The standard InChI is InChI=1S/C22H15BrF2N4OS/c23-15-6-11-19(18(25)12-15)26-20(30)13-31-22-28-27-21(14-4-2-1-3-5-14)29(22)17-9-7-16(24)8-10-17/h1-12H,13H2,(H,26,30). The summed E-state index contributed by atoms with van der Waals surface area (Å²) >= 11 is 4.33. The number of thioether (sulfide) groups is 1. The van der Waals surface area contributed by atoms with Crippen molar-refractivity contribution in [3.05, 3.63) is 88.9 Å². The zero-order valence-corrected chi connectivity index (χ0v) is 18.3. The Morgan fingerprint density at radius 2 is 1.74 bits per heavy atom. The van der Waals surface area contributed by atoms with Crippen molar-refractivity contribution in [2.24, 2.45) is 0 Å². The van der Waals surface area contributed by atoms with E-state index in [0.717, 1.165) is 17.3 Å². The van der Waals surface area contributed by atoms with Crippen molar-refractivity contribution in [3.8, 4) is 17.1 Å². The minimum absolute atomic E-state index is 0.0103. The lowest BCUT2D eigenvalue weighted by Crippen LogP contribution is -2.15. The van der Waals surface area contributed by atoms with Crippen LogP contribution in [0.15, 0.2) is 82.4 Å². The van der Waals surface area contributed by atoms with Crippen LogP contribution in [0.4, 0.5) is 14.5 Å². The third-order valence-electron chi connectivity index (χ3n) is 4.29. The van der Waals surface area contributed by atoms with Gasteiger partial charge < -0.3 is 5.32 Å². The van der Waals surface area contributed by atoms with Crippen molar-refractivity contribution < 1.29 is 13.6 Å².